The highest BCUT2D eigenvalue weighted by Gasteiger charge is 2.26. The van der Waals surface area contributed by atoms with Crippen molar-refractivity contribution in [2.75, 3.05) is 11.4 Å². The van der Waals surface area contributed by atoms with E-state index in [-0.39, 0.29) is 0 Å². The predicted octanol–water partition coefficient (Wildman–Crippen LogP) is 4.09. The van der Waals surface area contributed by atoms with Gasteiger partial charge in [-0.15, -0.1) is 0 Å². The van der Waals surface area contributed by atoms with Gasteiger partial charge in [-0.1, -0.05) is 5.16 Å². The fraction of sp³-hybridized carbons (Fsp3) is 0.150. The van der Waals surface area contributed by atoms with Gasteiger partial charge in [-0.2, -0.15) is 10.5 Å². The Labute approximate surface area is 145 Å². The number of nitriles is 2. The molecule has 2 heterocycles. The molecule has 25 heavy (non-hydrogen) atoms. The molecule has 0 atom stereocenters. The van der Waals surface area contributed by atoms with E-state index in [2.05, 4.69) is 22.2 Å². The van der Waals surface area contributed by atoms with Gasteiger partial charge in [-0.3, -0.25) is 0 Å². The molecule has 0 aliphatic carbocycles. The van der Waals surface area contributed by atoms with E-state index >= 15 is 0 Å². The SMILES string of the molecule is Cc1noc2c1-c1cc(C#N)ccc1N(c1ccc(C#N)cc1)CC2. The van der Waals surface area contributed by atoms with Crippen LogP contribution in [0.15, 0.2) is 47.0 Å². The summed E-state index contributed by atoms with van der Waals surface area (Å²) in [6.07, 6.45) is 0.715. The quantitative estimate of drug-likeness (QED) is 0.673. The van der Waals surface area contributed by atoms with E-state index in [1.165, 1.54) is 0 Å². The summed E-state index contributed by atoms with van der Waals surface area (Å²) in [5.41, 5.74) is 6.00. The van der Waals surface area contributed by atoms with Crippen molar-refractivity contribution in [2.24, 2.45) is 0 Å². The van der Waals surface area contributed by atoms with Crippen molar-refractivity contribution < 1.29 is 4.52 Å². The smallest absolute Gasteiger partial charge is 0.146 e. The zero-order valence-electron chi connectivity index (χ0n) is 13.7. The normalized spacial score (nSPS) is 12.5. The van der Waals surface area contributed by atoms with E-state index in [0.29, 0.717) is 17.5 Å². The molecule has 1 aliphatic heterocycles. The number of hydrogen-bond donors (Lipinski definition) is 0. The maximum Gasteiger partial charge on any atom is 0.146 e. The van der Waals surface area contributed by atoms with Crippen LogP contribution in [0.3, 0.4) is 0 Å². The Bertz CT molecular complexity index is 1040. The molecule has 3 aromatic rings. The highest BCUT2D eigenvalue weighted by molar-refractivity contribution is 5.86. The molecule has 0 saturated carbocycles. The van der Waals surface area contributed by atoms with Crippen LogP contribution >= 0.6 is 0 Å². The highest BCUT2D eigenvalue weighted by atomic mass is 16.5. The van der Waals surface area contributed by atoms with Crippen molar-refractivity contribution in [1.82, 2.24) is 5.16 Å². The zero-order valence-corrected chi connectivity index (χ0v) is 13.7. The summed E-state index contributed by atoms with van der Waals surface area (Å²) in [6, 6.07) is 17.5. The molecule has 0 saturated heterocycles. The first kappa shape index (κ1) is 15.0. The molecule has 1 aromatic heterocycles. The summed E-state index contributed by atoms with van der Waals surface area (Å²) in [6.45, 7) is 2.65. The maximum atomic E-state index is 9.28. The van der Waals surface area contributed by atoms with Gasteiger partial charge in [-0.25, -0.2) is 0 Å². The largest absolute Gasteiger partial charge is 0.360 e. The van der Waals surface area contributed by atoms with Crippen molar-refractivity contribution >= 4 is 11.4 Å². The van der Waals surface area contributed by atoms with Gasteiger partial charge >= 0.3 is 0 Å². The average molecular weight is 326 g/mol. The van der Waals surface area contributed by atoms with Gasteiger partial charge in [-0.05, 0) is 49.4 Å². The first-order chi connectivity index (χ1) is 12.2. The minimum Gasteiger partial charge on any atom is -0.360 e. The predicted molar refractivity (Wildman–Crippen MR) is 93.3 cm³/mol. The van der Waals surface area contributed by atoms with Crippen molar-refractivity contribution in [3.63, 3.8) is 0 Å². The van der Waals surface area contributed by atoms with E-state index in [1.54, 1.807) is 0 Å². The average Bonchev–Trinajstić information content (AvgIpc) is 2.94. The second-order valence-electron chi connectivity index (χ2n) is 5.97. The second kappa shape index (κ2) is 5.81. The highest BCUT2D eigenvalue weighted by Crippen LogP contribution is 2.41. The molecule has 0 bridgehead atoms. The maximum absolute atomic E-state index is 9.28. The van der Waals surface area contributed by atoms with Crippen molar-refractivity contribution in [3.05, 3.63) is 65.0 Å². The Morgan fingerprint density at radius 2 is 1.76 bits per heavy atom. The van der Waals surface area contributed by atoms with Crippen LogP contribution < -0.4 is 4.90 Å². The molecule has 0 amide bonds. The van der Waals surface area contributed by atoms with Gasteiger partial charge in [0.05, 0.1) is 29.0 Å². The summed E-state index contributed by atoms with van der Waals surface area (Å²) < 4.78 is 5.52. The third-order valence-corrected chi connectivity index (χ3v) is 4.49. The monoisotopic (exact) mass is 326 g/mol. The Hall–Kier alpha value is -3.57. The van der Waals surface area contributed by atoms with Gasteiger partial charge in [0.25, 0.3) is 0 Å². The molecule has 0 fully saturated rings. The number of anilines is 2. The number of nitrogens with zero attached hydrogens (tertiary/aromatic N) is 4. The number of rotatable bonds is 1. The number of benzene rings is 2. The minimum atomic E-state index is 0.604. The van der Waals surface area contributed by atoms with E-state index in [4.69, 9.17) is 9.78 Å². The summed E-state index contributed by atoms with van der Waals surface area (Å²) in [5, 5.41) is 22.4. The lowest BCUT2D eigenvalue weighted by Crippen LogP contribution is -2.19. The molecule has 1 aliphatic rings. The first-order valence-electron chi connectivity index (χ1n) is 7.98. The molecular formula is C20H14N4O. The fourth-order valence-corrected chi connectivity index (χ4v) is 3.29. The fourth-order valence-electron chi connectivity index (χ4n) is 3.29. The van der Waals surface area contributed by atoms with Crippen LogP contribution in [0, 0.1) is 29.6 Å². The third-order valence-electron chi connectivity index (χ3n) is 4.49. The zero-order chi connectivity index (χ0) is 17.4. The van der Waals surface area contributed by atoms with Crippen LogP contribution in [0.4, 0.5) is 11.4 Å². The lowest BCUT2D eigenvalue weighted by atomic mass is 9.99. The molecule has 5 heteroatoms. The number of aromatic nitrogens is 1. The minimum absolute atomic E-state index is 0.604. The number of fused-ring (bicyclic) bond motifs is 3. The molecular weight excluding hydrogens is 312 g/mol. The van der Waals surface area contributed by atoms with Crippen molar-refractivity contribution in [2.45, 2.75) is 13.3 Å². The van der Waals surface area contributed by atoms with E-state index in [0.717, 1.165) is 40.5 Å². The first-order valence-corrected chi connectivity index (χ1v) is 7.98. The van der Waals surface area contributed by atoms with Gasteiger partial charge < -0.3 is 9.42 Å². The second-order valence-corrected chi connectivity index (χ2v) is 5.97. The summed E-state index contributed by atoms with van der Waals surface area (Å²) in [7, 11) is 0. The third kappa shape index (κ3) is 2.43. The number of aryl methyl sites for hydroxylation is 1. The van der Waals surface area contributed by atoms with Gasteiger partial charge in [0.1, 0.15) is 5.76 Å². The number of hydrogen-bond acceptors (Lipinski definition) is 5. The molecule has 0 spiro atoms. The van der Waals surface area contributed by atoms with E-state index in [1.807, 2.05) is 49.4 Å². The van der Waals surface area contributed by atoms with Gasteiger partial charge in [0.2, 0.25) is 0 Å². The van der Waals surface area contributed by atoms with E-state index in [9.17, 15) is 5.26 Å². The van der Waals surface area contributed by atoms with Crippen LogP contribution in [0.2, 0.25) is 0 Å². The Balaban J connectivity index is 1.91. The molecule has 4 rings (SSSR count). The molecule has 0 radical (unpaired) electrons. The molecule has 5 nitrogen and oxygen atoms in total. The van der Waals surface area contributed by atoms with Gasteiger partial charge in [0.15, 0.2) is 0 Å². The van der Waals surface area contributed by atoms with Gasteiger partial charge in [0, 0.05) is 35.5 Å². The Morgan fingerprint density at radius 3 is 2.48 bits per heavy atom. The summed E-state index contributed by atoms with van der Waals surface area (Å²) >= 11 is 0. The van der Waals surface area contributed by atoms with Crippen LogP contribution in [-0.4, -0.2) is 11.7 Å². The van der Waals surface area contributed by atoms with Crippen LogP contribution in [0.1, 0.15) is 22.6 Å². The molecule has 0 unspecified atom stereocenters. The van der Waals surface area contributed by atoms with E-state index < -0.39 is 0 Å². The Morgan fingerprint density at radius 1 is 1.04 bits per heavy atom. The molecule has 0 N–H and O–H groups in total. The Kier molecular flexibility index (Phi) is 3.48. The standard InChI is InChI=1S/C20H14N4O/c1-13-20-17-10-15(12-22)4-7-18(17)24(9-8-19(20)25-23-13)16-5-2-14(11-21)3-6-16/h2-7,10H,8-9H2,1H3. The van der Waals surface area contributed by atoms with Crippen LogP contribution in [0.25, 0.3) is 11.1 Å². The lowest BCUT2D eigenvalue weighted by molar-refractivity contribution is 0.381. The molecule has 120 valence electrons. The van der Waals surface area contributed by atoms with Crippen LogP contribution in [-0.2, 0) is 6.42 Å². The molecule has 2 aromatic carbocycles. The summed E-state index contributed by atoms with van der Waals surface area (Å²) in [5.74, 6) is 0.838. The van der Waals surface area contributed by atoms with Crippen molar-refractivity contribution in [1.29, 1.82) is 10.5 Å². The van der Waals surface area contributed by atoms with Crippen LogP contribution in [0.5, 0.6) is 0 Å². The topological polar surface area (TPSA) is 76.8 Å². The van der Waals surface area contributed by atoms with Crippen molar-refractivity contribution in [3.8, 4) is 23.3 Å². The lowest BCUT2D eigenvalue weighted by Gasteiger charge is -2.25. The summed E-state index contributed by atoms with van der Waals surface area (Å²) in [4.78, 5) is 2.19.